The van der Waals surface area contributed by atoms with Crippen molar-refractivity contribution < 1.29 is 4.79 Å². The number of carbonyl (C=O) groups excluding carboxylic acids is 1. The molecule has 1 amide bonds. The van der Waals surface area contributed by atoms with E-state index in [1.54, 1.807) is 6.20 Å². The average Bonchev–Trinajstić information content (AvgIpc) is 3.05. The normalized spacial score (nSPS) is 20.3. The Bertz CT molecular complexity index is 816. The summed E-state index contributed by atoms with van der Waals surface area (Å²) in [5.41, 5.74) is 5.42. The number of carbonyl (C=O) groups is 1. The van der Waals surface area contributed by atoms with Gasteiger partial charge in [0.25, 0.3) is 0 Å². The minimum Gasteiger partial charge on any atom is -0.356 e. The van der Waals surface area contributed by atoms with Crippen molar-refractivity contribution in [1.29, 1.82) is 5.41 Å². The Morgan fingerprint density at radius 3 is 2.65 bits per heavy atom. The average molecular weight is 356 g/mol. The number of amides is 1. The van der Waals surface area contributed by atoms with Gasteiger partial charge in [-0.2, -0.15) is 5.10 Å². The highest BCUT2D eigenvalue weighted by Crippen LogP contribution is 2.39. The van der Waals surface area contributed by atoms with Crippen LogP contribution in [0.3, 0.4) is 0 Å². The SMILES string of the molecule is Cc1cc(-c2n[nH]c(C3CCC(NC=O)CC3)c2C(C)C)cn(N)c1=N. The van der Waals surface area contributed by atoms with E-state index in [9.17, 15) is 4.79 Å². The third kappa shape index (κ3) is 3.38. The minimum absolute atomic E-state index is 0.289. The molecule has 0 saturated heterocycles. The molecule has 26 heavy (non-hydrogen) atoms. The Morgan fingerprint density at radius 2 is 2.08 bits per heavy atom. The third-order valence-corrected chi connectivity index (χ3v) is 5.41. The van der Waals surface area contributed by atoms with Gasteiger partial charge in [-0.1, -0.05) is 13.8 Å². The van der Waals surface area contributed by atoms with E-state index in [-0.39, 0.29) is 6.04 Å². The van der Waals surface area contributed by atoms with Crippen molar-refractivity contribution in [3.63, 3.8) is 0 Å². The number of hydrogen-bond donors (Lipinski definition) is 4. The number of H-pyrrole nitrogens is 1. The van der Waals surface area contributed by atoms with Gasteiger partial charge in [0.05, 0.1) is 5.69 Å². The van der Waals surface area contributed by atoms with Gasteiger partial charge in [0.1, 0.15) is 5.49 Å². The number of hydrogen-bond acceptors (Lipinski definition) is 4. The predicted octanol–water partition coefficient (Wildman–Crippen LogP) is 2.28. The molecule has 7 heteroatoms. The Balaban J connectivity index is 1.95. The lowest BCUT2D eigenvalue weighted by Gasteiger charge is -2.28. The second-order valence-corrected chi connectivity index (χ2v) is 7.55. The molecule has 5 N–H and O–H groups in total. The summed E-state index contributed by atoms with van der Waals surface area (Å²) in [6.07, 6.45) is 6.63. The zero-order valence-corrected chi connectivity index (χ0v) is 15.7. The first-order valence-electron chi connectivity index (χ1n) is 9.23. The highest BCUT2D eigenvalue weighted by atomic mass is 16.1. The van der Waals surface area contributed by atoms with Crippen LogP contribution in [0.1, 0.15) is 68.2 Å². The lowest BCUT2D eigenvalue weighted by Crippen LogP contribution is -2.31. The van der Waals surface area contributed by atoms with Gasteiger partial charge < -0.3 is 11.2 Å². The molecule has 0 atom stereocenters. The van der Waals surface area contributed by atoms with Gasteiger partial charge in [-0.25, -0.2) is 0 Å². The van der Waals surface area contributed by atoms with Crippen molar-refractivity contribution in [3.8, 4) is 11.3 Å². The van der Waals surface area contributed by atoms with Crippen LogP contribution >= 0.6 is 0 Å². The molecular weight excluding hydrogens is 328 g/mol. The highest BCUT2D eigenvalue weighted by Gasteiger charge is 2.28. The van der Waals surface area contributed by atoms with Crippen LogP contribution in [0.15, 0.2) is 12.3 Å². The number of pyridine rings is 1. The summed E-state index contributed by atoms with van der Waals surface area (Å²) in [6, 6.07) is 2.26. The largest absolute Gasteiger partial charge is 0.356 e. The summed E-state index contributed by atoms with van der Waals surface area (Å²) in [7, 11) is 0. The molecule has 1 aliphatic rings. The number of nitrogens with one attached hydrogen (secondary N) is 3. The number of nitrogens with zero attached hydrogens (tertiary/aromatic N) is 2. The molecule has 2 aromatic heterocycles. The van der Waals surface area contributed by atoms with E-state index in [1.165, 1.54) is 15.9 Å². The van der Waals surface area contributed by atoms with Gasteiger partial charge >= 0.3 is 0 Å². The van der Waals surface area contributed by atoms with Crippen LogP contribution in [0.4, 0.5) is 0 Å². The number of aryl methyl sites for hydroxylation is 1. The Labute approximate surface area is 153 Å². The van der Waals surface area contributed by atoms with Crippen molar-refractivity contribution in [2.24, 2.45) is 0 Å². The number of aromatic nitrogens is 3. The lowest BCUT2D eigenvalue weighted by atomic mass is 9.81. The predicted molar refractivity (Wildman–Crippen MR) is 101 cm³/mol. The van der Waals surface area contributed by atoms with Crippen LogP contribution in [0.2, 0.25) is 0 Å². The van der Waals surface area contributed by atoms with Crippen molar-refractivity contribution in [2.75, 3.05) is 5.84 Å². The van der Waals surface area contributed by atoms with E-state index >= 15 is 0 Å². The fourth-order valence-electron chi connectivity index (χ4n) is 4.01. The van der Waals surface area contributed by atoms with Crippen LogP contribution in [0.25, 0.3) is 11.3 Å². The summed E-state index contributed by atoms with van der Waals surface area (Å²) < 4.78 is 1.35. The molecule has 7 nitrogen and oxygen atoms in total. The molecule has 0 aromatic carbocycles. The van der Waals surface area contributed by atoms with E-state index in [0.29, 0.717) is 17.3 Å². The second kappa shape index (κ2) is 7.35. The first-order valence-corrected chi connectivity index (χ1v) is 9.23. The quantitative estimate of drug-likeness (QED) is 0.487. The third-order valence-electron chi connectivity index (χ3n) is 5.41. The molecule has 0 bridgehead atoms. The van der Waals surface area contributed by atoms with E-state index in [0.717, 1.165) is 48.9 Å². The van der Waals surface area contributed by atoms with E-state index in [1.807, 2.05) is 13.0 Å². The molecule has 0 spiro atoms. The zero-order valence-electron chi connectivity index (χ0n) is 15.7. The molecule has 2 heterocycles. The number of rotatable bonds is 5. The monoisotopic (exact) mass is 356 g/mol. The lowest BCUT2D eigenvalue weighted by molar-refractivity contribution is -0.110. The van der Waals surface area contributed by atoms with Gasteiger partial charge in [-0.05, 0) is 50.2 Å². The summed E-state index contributed by atoms with van der Waals surface area (Å²) >= 11 is 0. The first kappa shape index (κ1) is 18.2. The van der Waals surface area contributed by atoms with Gasteiger partial charge in [0.2, 0.25) is 6.41 Å². The van der Waals surface area contributed by atoms with Gasteiger partial charge in [0, 0.05) is 35.0 Å². The molecule has 140 valence electrons. The second-order valence-electron chi connectivity index (χ2n) is 7.55. The van der Waals surface area contributed by atoms with Crippen LogP contribution in [-0.4, -0.2) is 27.3 Å². The fraction of sp³-hybridized carbons (Fsp3) is 0.526. The fourth-order valence-corrected chi connectivity index (χ4v) is 4.01. The number of nitrogens with two attached hydrogens (primary N) is 1. The Morgan fingerprint density at radius 1 is 1.38 bits per heavy atom. The summed E-state index contributed by atoms with van der Waals surface area (Å²) in [5.74, 6) is 6.69. The van der Waals surface area contributed by atoms with E-state index in [2.05, 4.69) is 29.4 Å². The van der Waals surface area contributed by atoms with Crippen LogP contribution < -0.4 is 16.6 Å². The molecule has 0 aliphatic heterocycles. The minimum atomic E-state index is 0.289. The van der Waals surface area contributed by atoms with Crippen molar-refractivity contribution in [1.82, 2.24) is 20.2 Å². The summed E-state index contributed by atoms with van der Waals surface area (Å²) in [5, 5.41) is 18.8. The number of aromatic amines is 1. The Kier molecular flexibility index (Phi) is 5.15. The van der Waals surface area contributed by atoms with Crippen molar-refractivity contribution in [3.05, 3.63) is 34.6 Å². The molecule has 0 unspecified atom stereocenters. The standard InChI is InChI=1S/C19H28N6O/c1-11(2)16-17(13-4-6-15(7-5-13)22-10-26)23-24-18(16)14-8-12(3)19(20)25(21)9-14/h8-11,13,15,20H,4-7,21H2,1-3H3,(H,22,26)(H,23,24). The smallest absolute Gasteiger partial charge is 0.207 e. The molecule has 1 saturated carbocycles. The van der Waals surface area contributed by atoms with Crippen LogP contribution in [-0.2, 0) is 4.79 Å². The van der Waals surface area contributed by atoms with Gasteiger partial charge in [0.15, 0.2) is 0 Å². The Hall–Kier alpha value is -2.57. The summed E-state index contributed by atoms with van der Waals surface area (Å²) in [4.78, 5) is 10.7. The molecule has 1 aliphatic carbocycles. The van der Waals surface area contributed by atoms with Crippen molar-refractivity contribution >= 4 is 6.41 Å². The maximum atomic E-state index is 10.7. The zero-order chi connectivity index (χ0) is 18.8. The van der Waals surface area contributed by atoms with E-state index < -0.39 is 0 Å². The van der Waals surface area contributed by atoms with Crippen LogP contribution in [0.5, 0.6) is 0 Å². The topological polar surface area (TPSA) is 113 Å². The highest BCUT2D eigenvalue weighted by molar-refractivity contribution is 5.65. The molecule has 2 aromatic rings. The maximum Gasteiger partial charge on any atom is 0.207 e. The molecule has 3 rings (SSSR count). The molecular formula is C19H28N6O. The van der Waals surface area contributed by atoms with Crippen LogP contribution in [0, 0.1) is 12.3 Å². The van der Waals surface area contributed by atoms with E-state index in [4.69, 9.17) is 11.3 Å². The first-order chi connectivity index (χ1) is 12.4. The maximum absolute atomic E-state index is 10.7. The summed E-state index contributed by atoms with van der Waals surface area (Å²) in [6.45, 7) is 6.25. The van der Waals surface area contributed by atoms with Gasteiger partial charge in [-0.3, -0.25) is 20.0 Å². The molecule has 1 fully saturated rings. The van der Waals surface area contributed by atoms with Gasteiger partial charge in [-0.15, -0.1) is 0 Å². The number of nitrogen functional groups attached to an aromatic ring is 1. The molecule has 0 radical (unpaired) electrons. The van der Waals surface area contributed by atoms with Crippen molar-refractivity contribution in [2.45, 2.75) is 64.3 Å².